The molecule has 1 heterocycles. The van der Waals surface area contributed by atoms with Crippen molar-refractivity contribution in [1.82, 2.24) is 9.80 Å². The molecule has 2 aromatic carbocycles. The molecular weight excluding hydrogens is 468 g/mol. The highest BCUT2D eigenvalue weighted by Crippen LogP contribution is 2.42. The molecule has 1 aliphatic heterocycles. The summed E-state index contributed by atoms with van der Waals surface area (Å²) in [6.45, 7) is 11.4. The summed E-state index contributed by atoms with van der Waals surface area (Å²) in [7, 11) is 0. The molecule has 0 aromatic heterocycles. The zero-order valence-electron chi connectivity index (χ0n) is 20.7. The monoisotopic (exact) mass is 500 g/mol. The molecule has 7 nitrogen and oxygen atoms in total. The van der Waals surface area contributed by atoms with Crippen LogP contribution in [-0.4, -0.2) is 66.0 Å². The second-order valence-corrected chi connectivity index (χ2v) is 8.53. The Balaban J connectivity index is 2.14. The largest absolute Gasteiger partial charge is 0.507 e. The van der Waals surface area contributed by atoms with Crippen molar-refractivity contribution in [3.05, 3.63) is 64.2 Å². The van der Waals surface area contributed by atoms with Gasteiger partial charge in [-0.3, -0.25) is 9.59 Å². The zero-order chi connectivity index (χ0) is 25.5. The maximum absolute atomic E-state index is 13.2. The number of nitrogens with zero attached hydrogens (tertiary/aromatic N) is 2. The smallest absolute Gasteiger partial charge is 0.295 e. The van der Waals surface area contributed by atoms with Crippen LogP contribution in [0.4, 0.5) is 0 Å². The van der Waals surface area contributed by atoms with Crippen molar-refractivity contribution < 1.29 is 24.2 Å². The number of aliphatic hydroxyl groups is 1. The van der Waals surface area contributed by atoms with Gasteiger partial charge in [-0.05, 0) is 68.9 Å². The summed E-state index contributed by atoms with van der Waals surface area (Å²) in [5.74, 6) is -0.482. The molecule has 8 heteroatoms. The van der Waals surface area contributed by atoms with Crippen LogP contribution in [0.15, 0.2) is 48.0 Å². The highest BCUT2D eigenvalue weighted by molar-refractivity contribution is 6.46. The number of benzene rings is 2. The lowest BCUT2D eigenvalue weighted by molar-refractivity contribution is -0.140. The molecule has 1 atom stereocenters. The summed E-state index contributed by atoms with van der Waals surface area (Å²) in [4.78, 5) is 30.1. The van der Waals surface area contributed by atoms with Crippen LogP contribution in [-0.2, 0) is 9.59 Å². The summed E-state index contributed by atoms with van der Waals surface area (Å²) in [5, 5.41) is 11.7. The lowest BCUT2D eigenvalue weighted by Gasteiger charge is -2.28. The number of likely N-dealkylation sites (N-methyl/N-ethyl adjacent to an activating group) is 1. The first kappa shape index (κ1) is 26.6. The third-order valence-corrected chi connectivity index (χ3v) is 6.34. The Morgan fingerprint density at radius 3 is 2.20 bits per heavy atom. The zero-order valence-corrected chi connectivity index (χ0v) is 21.5. The van der Waals surface area contributed by atoms with Gasteiger partial charge in [0.15, 0.2) is 11.5 Å². The van der Waals surface area contributed by atoms with Gasteiger partial charge in [0.05, 0.1) is 24.8 Å². The second-order valence-electron chi connectivity index (χ2n) is 8.10. The molecule has 1 N–H and O–H groups in total. The normalized spacial score (nSPS) is 17.3. The van der Waals surface area contributed by atoms with E-state index in [-0.39, 0.29) is 11.3 Å². The maximum atomic E-state index is 13.2. The van der Waals surface area contributed by atoms with Crippen LogP contribution in [0.25, 0.3) is 5.76 Å². The molecule has 3 rings (SSSR count). The van der Waals surface area contributed by atoms with Crippen LogP contribution in [0.1, 0.15) is 44.9 Å². The van der Waals surface area contributed by atoms with Crippen molar-refractivity contribution in [3.63, 3.8) is 0 Å². The van der Waals surface area contributed by atoms with Crippen LogP contribution in [0.3, 0.4) is 0 Å². The highest BCUT2D eigenvalue weighted by atomic mass is 35.5. The fourth-order valence-corrected chi connectivity index (χ4v) is 4.37. The minimum Gasteiger partial charge on any atom is -0.507 e. The fraction of sp³-hybridized carbons (Fsp3) is 0.407. The molecule has 0 bridgehead atoms. The first-order valence-corrected chi connectivity index (χ1v) is 12.4. The minimum absolute atomic E-state index is 0.0449. The van der Waals surface area contributed by atoms with Gasteiger partial charge in [0.2, 0.25) is 0 Å². The fourth-order valence-electron chi connectivity index (χ4n) is 4.25. The number of hydrogen-bond acceptors (Lipinski definition) is 6. The SMILES string of the molecule is CCOc1ccc([C@@H]2/C(=C(\O)c3ccc(Cl)cc3)C(=O)C(=O)N2CCN(CC)CC)cc1OCC. The molecule has 0 aliphatic carbocycles. The Labute approximate surface area is 211 Å². The maximum Gasteiger partial charge on any atom is 0.295 e. The van der Waals surface area contributed by atoms with Crippen molar-refractivity contribution >= 4 is 29.1 Å². The molecule has 188 valence electrons. The van der Waals surface area contributed by atoms with Gasteiger partial charge in [0.1, 0.15) is 5.76 Å². The quantitative estimate of drug-likeness (QED) is 0.268. The molecule has 0 spiro atoms. The van der Waals surface area contributed by atoms with E-state index in [1.165, 1.54) is 4.90 Å². The number of aliphatic hydroxyl groups excluding tert-OH is 1. The van der Waals surface area contributed by atoms with Crippen molar-refractivity contribution in [2.24, 2.45) is 0 Å². The van der Waals surface area contributed by atoms with Crippen molar-refractivity contribution in [2.45, 2.75) is 33.7 Å². The highest BCUT2D eigenvalue weighted by Gasteiger charge is 2.46. The Kier molecular flexibility index (Phi) is 9.18. The van der Waals surface area contributed by atoms with E-state index in [4.69, 9.17) is 21.1 Å². The Bertz CT molecular complexity index is 1080. The van der Waals surface area contributed by atoms with Gasteiger partial charge in [0, 0.05) is 23.7 Å². The summed E-state index contributed by atoms with van der Waals surface area (Å²) in [6, 6.07) is 11.1. The molecule has 35 heavy (non-hydrogen) atoms. The van der Waals surface area contributed by atoms with Gasteiger partial charge in [-0.25, -0.2) is 0 Å². The number of halogens is 1. The van der Waals surface area contributed by atoms with Crippen LogP contribution in [0, 0.1) is 0 Å². The van der Waals surface area contributed by atoms with E-state index in [0.717, 1.165) is 13.1 Å². The average Bonchev–Trinajstić information content (AvgIpc) is 3.11. The number of likely N-dealkylation sites (tertiary alicyclic amines) is 1. The molecule has 0 unspecified atom stereocenters. The van der Waals surface area contributed by atoms with Crippen molar-refractivity contribution in [1.29, 1.82) is 0 Å². The molecule has 1 amide bonds. The number of amides is 1. The van der Waals surface area contributed by atoms with Gasteiger partial charge >= 0.3 is 0 Å². The van der Waals surface area contributed by atoms with Gasteiger partial charge in [-0.1, -0.05) is 31.5 Å². The number of carbonyl (C=O) groups is 2. The third kappa shape index (κ3) is 5.80. The first-order chi connectivity index (χ1) is 16.9. The summed E-state index contributed by atoms with van der Waals surface area (Å²) >= 11 is 6.00. The van der Waals surface area contributed by atoms with E-state index in [0.29, 0.717) is 54.0 Å². The first-order valence-electron chi connectivity index (χ1n) is 12.0. The number of Topliss-reactive ketones (excluding diaryl/α,β-unsaturated/α-hetero) is 1. The standard InChI is InChI=1S/C27H33ClN2O5/c1-5-29(6-2)15-16-30-24(19-11-14-21(34-7-3)22(17-19)35-8-4)23(26(32)27(30)33)25(31)18-9-12-20(28)13-10-18/h9-14,17,24,31H,5-8,15-16H2,1-4H3/b25-23+/t24-/m1/s1. The molecule has 0 radical (unpaired) electrons. The molecule has 2 aromatic rings. The lowest BCUT2D eigenvalue weighted by Crippen LogP contribution is -2.38. The Morgan fingerprint density at radius 1 is 0.971 bits per heavy atom. The Hall–Kier alpha value is -3.03. The van der Waals surface area contributed by atoms with E-state index in [9.17, 15) is 14.7 Å². The van der Waals surface area contributed by atoms with Gasteiger partial charge in [-0.15, -0.1) is 0 Å². The molecule has 1 saturated heterocycles. The van der Waals surface area contributed by atoms with Gasteiger partial charge < -0.3 is 24.4 Å². The summed E-state index contributed by atoms with van der Waals surface area (Å²) in [6.07, 6.45) is 0. The summed E-state index contributed by atoms with van der Waals surface area (Å²) < 4.78 is 11.5. The Morgan fingerprint density at radius 2 is 1.60 bits per heavy atom. The van der Waals surface area contributed by atoms with E-state index < -0.39 is 17.7 Å². The lowest BCUT2D eigenvalue weighted by atomic mass is 9.95. The molecular formula is C27H33ClN2O5. The number of carbonyl (C=O) groups excluding carboxylic acids is 2. The van der Waals surface area contributed by atoms with Crippen LogP contribution >= 0.6 is 11.6 Å². The topological polar surface area (TPSA) is 79.3 Å². The van der Waals surface area contributed by atoms with Crippen molar-refractivity contribution in [3.8, 4) is 11.5 Å². The number of ketones is 1. The predicted molar refractivity (Wildman–Crippen MR) is 137 cm³/mol. The van der Waals surface area contributed by atoms with Crippen molar-refractivity contribution in [2.75, 3.05) is 39.4 Å². The molecule has 1 fully saturated rings. The minimum atomic E-state index is -0.767. The third-order valence-electron chi connectivity index (χ3n) is 6.09. The average molecular weight is 501 g/mol. The molecule has 1 aliphatic rings. The van der Waals surface area contributed by atoms with Crippen LogP contribution < -0.4 is 9.47 Å². The summed E-state index contributed by atoms with van der Waals surface area (Å²) in [5.41, 5.74) is 1.12. The number of hydrogen-bond donors (Lipinski definition) is 1. The number of ether oxygens (including phenoxy) is 2. The second kappa shape index (κ2) is 12.1. The van der Waals surface area contributed by atoms with Crippen LogP contribution in [0.5, 0.6) is 11.5 Å². The van der Waals surface area contributed by atoms with Crippen LogP contribution in [0.2, 0.25) is 5.02 Å². The number of rotatable bonds is 11. The molecule has 0 saturated carbocycles. The predicted octanol–water partition coefficient (Wildman–Crippen LogP) is 4.90. The van der Waals surface area contributed by atoms with E-state index in [2.05, 4.69) is 18.7 Å². The van der Waals surface area contributed by atoms with E-state index in [1.54, 1.807) is 36.4 Å². The van der Waals surface area contributed by atoms with E-state index >= 15 is 0 Å². The van der Waals surface area contributed by atoms with Gasteiger partial charge in [-0.2, -0.15) is 0 Å². The van der Waals surface area contributed by atoms with E-state index in [1.807, 2.05) is 19.9 Å². The van der Waals surface area contributed by atoms with Gasteiger partial charge in [0.25, 0.3) is 11.7 Å².